The second-order valence-electron chi connectivity index (χ2n) is 5.98. The average molecular weight is 361 g/mol. The smallest absolute Gasteiger partial charge is 0.330 e. The molecule has 0 radical (unpaired) electrons. The molecule has 1 heterocycles. The van der Waals surface area contributed by atoms with E-state index in [4.69, 9.17) is 4.42 Å². The predicted octanol–water partition coefficient (Wildman–Crippen LogP) is 4.23. The van der Waals surface area contributed by atoms with Gasteiger partial charge in [-0.25, -0.2) is 4.79 Å². The van der Waals surface area contributed by atoms with Gasteiger partial charge in [-0.15, -0.1) is 6.58 Å². The first-order chi connectivity index (χ1) is 13.1. The molecule has 2 aromatic carbocycles. The minimum atomic E-state index is -1.16. The highest BCUT2D eigenvalue weighted by molar-refractivity contribution is 6.02. The van der Waals surface area contributed by atoms with E-state index in [-0.39, 0.29) is 0 Å². The average Bonchev–Trinajstić information content (AvgIpc) is 3.11. The number of amides is 1. The number of hydrogen-bond donors (Lipinski definition) is 2. The van der Waals surface area contributed by atoms with Crippen LogP contribution in [-0.2, 0) is 11.2 Å². The number of nitrogens with one attached hydrogen (secondary N) is 1. The molecule has 1 amide bonds. The lowest BCUT2D eigenvalue weighted by molar-refractivity contribution is -0.139. The summed E-state index contributed by atoms with van der Waals surface area (Å²) in [6.07, 6.45) is 3.61. The fourth-order valence-electron chi connectivity index (χ4n) is 2.89. The van der Waals surface area contributed by atoms with Crippen LogP contribution in [0.5, 0.6) is 0 Å². The first kappa shape index (κ1) is 18.2. The minimum Gasteiger partial charge on any atom is -0.479 e. The van der Waals surface area contributed by atoms with Crippen LogP contribution in [0.1, 0.15) is 27.5 Å². The zero-order valence-electron chi connectivity index (χ0n) is 14.6. The van der Waals surface area contributed by atoms with Gasteiger partial charge in [0.15, 0.2) is 6.04 Å². The van der Waals surface area contributed by atoms with Gasteiger partial charge in [0, 0.05) is 11.1 Å². The van der Waals surface area contributed by atoms with Gasteiger partial charge in [-0.05, 0) is 12.0 Å². The van der Waals surface area contributed by atoms with Crippen molar-refractivity contribution in [3.63, 3.8) is 0 Å². The van der Waals surface area contributed by atoms with Gasteiger partial charge in [0.05, 0.1) is 11.8 Å². The molecule has 0 bridgehead atoms. The van der Waals surface area contributed by atoms with Crippen molar-refractivity contribution in [3.05, 3.63) is 96.3 Å². The quantitative estimate of drug-likeness (QED) is 0.617. The molecule has 0 saturated heterocycles. The molecule has 136 valence electrons. The van der Waals surface area contributed by atoms with Crippen LogP contribution in [0, 0.1) is 0 Å². The monoisotopic (exact) mass is 361 g/mol. The van der Waals surface area contributed by atoms with Crippen LogP contribution in [0.15, 0.2) is 84.0 Å². The van der Waals surface area contributed by atoms with Crippen molar-refractivity contribution in [2.45, 2.75) is 12.5 Å². The summed E-state index contributed by atoms with van der Waals surface area (Å²) in [4.78, 5) is 24.7. The van der Waals surface area contributed by atoms with E-state index in [1.54, 1.807) is 36.4 Å². The summed E-state index contributed by atoms with van der Waals surface area (Å²) < 4.78 is 5.65. The minimum absolute atomic E-state index is 0.322. The van der Waals surface area contributed by atoms with Gasteiger partial charge in [-0.2, -0.15) is 0 Å². The second kappa shape index (κ2) is 8.19. The number of rotatable bonds is 7. The molecule has 1 unspecified atom stereocenters. The van der Waals surface area contributed by atoms with Crippen LogP contribution >= 0.6 is 0 Å². The van der Waals surface area contributed by atoms with Gasteiger partial charge in [0.25, 0.3) is 5.91 Å². The SMILES string of the molecule is C=CCc1coc(-c2ccccc2)c1C(=O)NC(C(=O)O)c1ccccc1. The number of carbonyl (C=O) groups is 2. The van der Waals surface area contributed by atoms with Crippen LogP contribution in [0.25, 0.3) is 11.3 Å². The highest BCUT2D eigenvalue weighted by atomic mass is 16.4. The Morgan fingerprint density at radius 1 is 1.07 bits per heavy atom. The van der Waals surface area contributed by atoms with Gasteiger partial charge < -0.3 is 14.8 Å². The summed E-state index contributed by atoms with van der Waals surface area (Å²) in [5.74, 6) is -1.23. The molecular formula is C22H19NO4. The first-order valence-electron chi connectivity index (χ1n) is 8.47. The van der Waals surface area contributed by atoms with Crippen LogP contribution in [0.3, 0.4) is 0 Å². The number of benzene rings is 2. The molecular weight excluding hydrogens is 342 g/mol. The van der Waals surface area contributed by atoms with Gasteiger partial charge in [0.1, 0.15) is 5.76 Å². The number of furan rings is 1. The highest BCUT2D eigenvalue weighted by Crippen LogP contribution is 2.29. The molecule has 0 aliphatic carbocycles. The Bertz CT molecular complexity index is 945. The Morgan fingerprint density at radius 2 is 1.70 bits per heavy atom. The van der Waals surface area contributed by atoms with Crippen molar-refractivity contribution in [1.82, 2.24) is 5.32 Å². The maximum Gasteiger partial charge on any atom is 0.330 e. The number of carboxylic acids is 1. The van der Waals surface area contributed by atoms with Crippen molar-refractivity contribution in [1.29, 1.82) is 0 Å². The van der Waals surface area contributed by atoms with Crippen LogP contribution < -0.4 is 5.32 Å². The van der Waals surface area contributed by atoms with Gasteiger partial charge in [-0.3, -0.25) is 4.79 Å². The van der Waals surface area contributed by atoms with E-state index in [1.165, 1.54) is 6.26 Å². The molecule has 0 aliphatic heterocycles. The van der Waals surface area contributed by atoms with E-state index in [1.807, 2.05) is 30.3 Å². The fraction of sp³-hybridized carbons (Fsp3) is 0.0909. The Balaban J connectivity index is 1.99. The lowest BCUT2D eigenvalue weighted by Crippen LogP contribution is -2.34. The van der Waals surface area contributed by atoms with Crippen LogP contribution in [0.2, 0.25) is 0 Å². The number of aliphatic carboxylic acids is 1. The summed E-state index contributed by atoms with van der Waals surface area (Å²) in [6.45, 7) is 3.71. The predicted molar refractivity (Wildman–Crippen MR) is 102 cm³/mol. The summed E-state index contributed by atoms with van der Waals surface area (Å²) >= 11 is 0. The van der Waals surface area contributed by atoms with E-state index in [0.717, 1.165) is 5.56 Å². The Kier molecular flexibility index (Phi) is 5.52. The standard InChI is InChI=1S/C22H19NO4/c1-2-9-17-14-27-20(16-12-7-4-8-13-16)18(17)21(24)23-19(22(25)26)15-10-5-3-6-11-15/h2-8,10-14,19H,1,9H2,(H,23,24)(H,25,26). The number of carboxylic acid groups (broad SMARTS) is 1. The van der Waals surface area contributed by atoms with Gasteiger partial charge in [0.2, 0.25) is 0 Å². The van der Waals surface area contributed by atoms with E-state index in [0.29, 0.717) is 28.9 Å². The third kappa shape index (κ3) is 3.98. The Hall–Kier alpha value is -3.60. The number of allylic oxidation sites excluding steroid dienone is 1. The zero-order chi connectivity index (χ0) is 19.2. The molecule has 27 heavy (non-hydrogen) atoms. The number of hydrogen-bond acceptors (Lipinski definition) is 3. The van der Waals surface area contributed by atoms with Crippen LogP contribution in [0.4, 0.5) is 0 Å². The Labute approximate surface area is 157 Å². The van der Waals surface area contributed by atoms with Gasteiger partial charge >= 0.3 is 5.97 Å². The molecule has 2 N–H and O–H groups in total. The molecule has 1 aromatic heterocycles. The van der Waals surface area contributed by atoms with E-state index < -0.39 is 17.9 Å². The lowest BCUT2D eigenvalue weighted by atomic mass is 10.0. The van der Waals surface area contributed by atoms with Crippen LogP contribution in [-0.4, -0.2) is 17.0 Å². The van der Waals surface area contributed by atoms with Crippen molar-refractivity contribution in [3.8, 4) is 11.3 Å². The maximum atomic E-state index is 13.0. The fourth-order valence-corrected chi connectivity index (χ4v) is 2.89. The third-order valence-electron chi connectivity index (χ3n) is 4.15. The first-order valence-corrected chi connectivity index (χ1v) is 8.47. The number of carbonyl (C=O) groups excluding carboxylic acids is 1. The molecule has 1 atom stereocenters. The maximum absolute atomic E-state index is 13.0. The van der Waals surface area contributed by atoms with Gasteiger partial charge in [-0.1, -0.05) is 66.7 Å². The van der Waals surface area contributed by atoms with Crippen molar-refractivity contribution in [2.24, 2.45) is 0 Å². The topological polar surface area (TPSA) is 79.5 Å². The summed E-state index contributed by atoms with van der Waals surface area (Å²) in [6, 6.07) is 16.6. The molecule has 0 fully saturated rings. The summed E-state index contributed by atoms with van der Waals surface area (Å²) in [7, 11) is 0. The van der Waals surface area contributed by atoms with Crippen molar-refractivity contribution < 1.29 is 19.1 Å². The molecule has 5 heteroatoms. The second-order valence-corrected chi connectivity index (χ2v) is 5.98. The molecule has 5 nitrogen and oxygen atoms in total. The summed E-state index contributed by atoms with van der Waals surface area (Å²) in [5.41, 5.74) is 2.21. The van der Waals surface area contributed by atoms with Crippen molar-refractivity contribution in [2.75, 3.05) is 0 Å². The zero-order valence-corrected chi connectivity index (χ0v) is 14.6. The Morgan fingerprint density at radius 3 is 2.30 bits per heavy atom. The lowest BCUT2D eigenvalue weighted by Gasteiger charge is -2.15. The normalized spacial score (nSPS) is 11.6. The van der Waals surface area contributed by atoms with E-state index >= 15 is 0 Å². The third-order valence-corrected chi connectivity index (χ3v) is 4.15. The molecule has 3 rings (SSSR count). The van der Waals surface area contributed by atoms with E-state index in [9.17, 15) is 14.7 Å². The van der Waals surface area contributed by atoms with Crippen molar-refractivity contribution >= 4 is 11.9 Å². The largest absolute Gasteiger partial charge is 0.479 e. The molecule has 0 saturated carbocycles. The molecule has 3 aromatic rings. The highest BCUT2D eigenvalue weighted by Gasteiger charge is 2.27. The molecule has 0 aliphatic rings. The molecule has 0 spiro atoms. The van der Waals surface area contributed by atoms with E-state index in [2.05, 4.69) is 11.9 Å². The summed E-state index contributed by atoms with van der Waals surface area (Å²) in [5, 5.41) is 12.2.